The van der Waals surface area contributed by atoms with E-state index in [0.29, 0.717) is 18.7 Å². The van der Waals surface area contributed by atoms with Crippen LogP contribution in [0, 0.1) is 0 Å². The number of carbonyl (C=O) groups is 1. The lowest BCUT2D eigenvalue weighted by Crippen LogP contribution is -2.36. The summed E-state index contributed by atoms with van der Waals surface area (Å²) in [6, 6.07) is 12.7. The number of hydrogen-bond donors (Lipinski definition) is 0. The Balaban J connectivity index is 1.62. The Morgan fingerprint density at radius 2 is 1.83 bits per heavy atom. The van der Waals surface area contributed by atoms with Crippen molar-refractivity contribution in [2.24, 2.45) is 0 Å². The number of piperidine rings is 1. The molecule has 0 saturated carbocycles. The highest BCUT2D eigenvalue weighted by atomic mass is 35.5. The van der Waals surface area contributed by atoms with Gasteiger partial charge in [-0.1, -0.05) is 42.3 Å². The van der Waals surface area contributed by atoms with E-state index >= 15 is 0 Å². The van der Waals surface area contributed by atoms with Gasteiger partial charge in [-0.2, -0.15) is 4.31 Å². The minimum atomic E-state index is -3.71. The van der Waals surface area contributed by atoms with Gasteiger partial charge in [-0.3, -0.25) is 4.79 Å². The summed E-state index contributed by atoms with van der Waals surface area (Å²) >= 11 is 6.25. The third kappa shape index (κ3) is 3.81. The van der Waals surface area contributed by atoms with Crippen LogP contribution in [0.15, 0.2) is 47.4 Å². The summed E-state index contributed by atoms with van der Waals surface area (Å²) in [5.41, 5.74) is 2.77. The molecule has 2 aromatic rings. The minimum Gasteiger partial charge on any atom is -0.335 e. The Morgan fingerprint density at radius 1 is 1.10 bits per heavy atom. The molecular formula is C22H25ClN2O3S. The summed E-state index contributed by atoms with van der Waals surface area (Å²) in [4.78, 5) is 14.9. The zero-order valence-corrected chi connectivity index (χ0v) is 18.0. The first-order chi connectivity index (χ1) is 13.9. The second kappa shape index (κ2) is 8.09. The summed E-state index contributed by atoms with van der Waals surface area (Å²) in [5.74, 6) is -0.196. The average Bonchev–Trinajstić information content (AvgIpc) is 3.17. The number of aryl methyl sites for hydroxylation is 1. The molecule has 1 amide bonds. The van der Waals surface area contributed by atoms with E-state index in [1.54, 1.807) is 18.0 Å². The van der Waals surface area contributed by atoms with Crippen LogP contribution in [-0.4, -0.2) is 43.7 Å². The van der Waals surface area contributed by atoms with Crippen LogP contribution in [0.3, 0.4) is 0 Å². The fourth-order valence-electron chi connectivity index (χ4n) is 4.36. The monoisotopic (exact) mass is 432 g/mol. The molecule has 1 aliphatic heterocycles. The highest BCUT2D eigenvalue weighted by Crippen LogP contribution is 2.36. The fraction of sp³-hybridized carbons (Fsp3) is 0.409. The van der Waals surface area contributed by atoms with Crippen molar-refractivity contribution in [2.45, 2.75) is 43.0 Å². The first-order valence-corrected chi connectivity index (χ1v) is 11.9. The Morgan fingerprint density at radius 3 is 2.59 bits per heavy atom. The zero-order valence-electron chi connectivity index (χ0n) is 16.5. The van der Waals surface area contributed by atoms with Gasteiger partial charge in [0.05, 0.1) is 11.1 Å². The minimum absolute atomic E-state index is 0.00321. The van der Waals surface area contributed by atoms with E-state index < -0.39 is 10.0 Å². The maximum Gasteiger partial charge on any atom is 0.254 e. The molecule has 1 heterocycles. The highest BCUT2D eigenvalue weighted by molar-refractivity contribution is 7.89. The largest absolute Gasteiger partial charge is 0.335 e. The van der Waals surface area contributed by atoms with Crippen LogP contribution >= 0.6 is 11.6 Å². The van der Waals surface area contributed by atoms with Crippen LogP contribution < -0.4 is 0 Å². The quantitative estimate of drug-likeness (QED) is 0.724. The van der Waals surface area contributed by atoms with Crippen LogP contribution in [0.25, 0.3) is 0 Å². The molecule has 4 rings (SSSR count). The van der Waals surface area contributed by atoms with Crippen molar-refractivity contribution in [1.29, 1.82) is 0 Å². The lowest BCUT2D eigenvalue weighted by molar-refractivity contribution is 0.0730. The molecule has 0 radical (unpaired) electrons. The molecule has 2 aromatic carbocycles. The van der Waals surface area contributed by atoms with Gasteiger partial charge in [0.2, 0.25) is 10.0 Å². The number of nitrogens with zero attached hydrogens (tertiary/aromatic N) is 2. The van der Waals surface area contributed by atoms with E-state index in [4.69, 9.17) is 11.6 Å². The molecule has 0 aromatic heterocycles. The SMILES string of the molecule is CN(C(=O)c1ccc(Cl)c(S(=O)(=O)N2CCCCC2)c1)[C@@H]1CCc2ccccc21. The molecule has 0 bridgehead atoms. The number of halogens is 1. The van der Waals surface area contributed by atoms with Gasteiger partial charge >= 0.3 is 0 Å². The molecule has 1 atom stereocenters. The second-order valence-electron chi connectivity index (χ2n) is 7.78. The van der Waals surface area contributed by atoms with Crippen LogP contribution in [-0.2, 0) is 16.4 Å². The highest BCUT2D eigenvalue weighted by Gasteiger charge is 2.31. The Labute approximate surface area is 177 Å². The van der Waals surface area contributed by atoms with Crippen LogP contribution in [0.4, 0.5) is 0 Å². The number of fused-ring (bicyclic) bond motifs is 1. The van der Waals surface area contributed by atoms with E-state index in [9.17, 15) is 13.2 Å². The predicted octanol–water partition coefficient (Wildman–Crippen LogP) is 4.27. The molecule has 1 aliphatic carbocycles. The number of hydrogen-bond acceptors (Lipinski definition) is 3. The number of benzene rings is 2. The van der Waals surface area contributed by atoms with Gasteiger partial charge in [0.1, 0.15) is 4.90 Å². The van der Waals surface area contributed by atoms with Crippen molar-refractivity contribution in [3.8, 4) is 0 Å². The molecule has 0 unspecified atom stereocenters. The zero-order chi connectivity index (χ0) is 20.6. The van der Waals surface area contributed by atoms with Gasteiger partial charge in [-0.05, 0) is 55.0 Å². The Kier molecular flexibility index (Phi) is 5.69. The summed E-state index contributed by atoms with van der Waals surface area (Å²) in [7, 11) is -1.93. The molecule has 0 spiro atoms. The van der Waals surface area contributed by atoms with E-state index in [0.717, 1.165) is 32.1 Å². The molecule has 29 heavy (non-hydrogen) atoms. The van der Waals surface area contributed by atoms with E-state index in [-0.39, 0.29) is 21.9 Å². The summed E-state index contributed by atoms with van der Waals surface area (Å²) < 4.78 is 27.7. The maximum atomic E-state index is 13.2. The number of sulfonamides is 1. The average molecular weight is 433 g/mol. The van der Waals surface area contributed by atoms with Crippen molar-refractivity contribution >= 4 is 27.5 Å². The van der Waals surface area contributed by atoms with Crippen LogP contribution in [0.5, 0.6) is 0 Å². The maximum absolute atomic E-state index is 13.2. The van der Waals surface area contributed by atoms with E-state index in [1.165, 1.54) is 27.6 Å². The Hall–Kier alpha value is -1.89. The topological polar surface area (TPSA) is 57.7 Å². The number of amides is 1. The molecule has 0 N–H and O–H groups in total. The normalized spacial score (nSPS) is 19.7. The lowest BCUT2D eigenvalue weighted by atomic mass is 10.1. The van der Waals surface area contributed by atoms with E-state index in [1.807, 2.05) is 12.1 Å². The van der Waals surface area contributed by atoms with Gasteiger partial charge in [-0.25, -0.2) is 8.42 Å². The third-order valence-electron chi connectivity index (χ3n) is 6.00. The summed E-state index contributed by atoms with van der Waals surface area (Å²) in [6.45, 7) is 0.991. The molecule has 5 nitrogen and oxygen atoms in total. The van der Waals surface area contributed by atoms with Crippen molar-refractivity contribution < 1.29 is 13.2 Å². The van der Waals surface area contributed by atoms with Gasteiger partial charge in [-0.15, -0.1) is 0 Å². The molecule has 7 heteroatoms. The van der Waals surface area contributed by atoms with Gasteiger partial charge in [0.25, 0.3) is 5.91 Å². The smallest absolute Gasteiger partial charge is 0.254 e. The second-order valence-corrected chi connectivity index (χ2v) is 10.1. The van der Waals surface area contributed by atoms with Crippen molar-refractivity contribution in [2.75, 3.05) is 20.1 Å². The van der Waals surface area contributed by atoms with Crippen molar-refractivity contribution in [1.82, 2.24) is 9.21 Å². The molecule has 1 fully saturated rings. The third-order valence-corrected chi connectivity index (χ3v) is 8.38. The Bertz CT molecular complexity index is 1030. The molecule has 2 aliphatic rings. The predicted molar refractivity (Wildman–Crippen MR) is 114 cm³/mol. The summed E-state index contributed by atoms with van der Waals surface area (Å²) in [5, 5.41) is 0.154. The van der Waals surface area contributed by atoms with Gasteiger partial charge in [0, 0.05) is 25.7 Å². The molecular weight excluding hydrogens is 408 g/mol. The first-order valence-electron chi connectivity index (χ1n) is 10.0. The van der Waals surface area contributed by atoms with Gasteiger partial charge < -0.3 is 4.90 Å². The van der Waals surface area contributed by atoms with Crippen molar-refractivity contribution in [3.05, 3.63) is 64.2 Å². The van der Waals surface area contributed by atoms with Gasteiger partial charge in [0.15, 0.2) is 0 Å². The van der Waals surface area contributed by atoms with Crippen molar-refractivity contribution in [3.63, 3.8) is 0 Å². The standard InChI is InChI=1S/C22H25ClN2O3S/c1-24(20-12-10-16-7-3-4-8-18(16)20)22(26)17-9-11-19(23)21(15-17)29(27,28)25-13-5-2-6-14-25/h3-4,7-9,11,15,20H,2,5-6,10,12-14H2,1H3/t20-/m1/s1. The molecule has 1 saturated heterocycles. The fourth-order valence-corrected chi connectivity index (χ4v) is 6.38. The number of rotatable bonds is 4. The number of carbonyl (C=O) groups excluding carboxylic acids is 1. The van der Waals surface area contributed by atoms with Crippen LogP contribution in [0.1, 0.15) is 53.2 Å². The first kappa shape index (κ1) is 20.4. The summed E-state index contributed by atoms with van der Waals surface area (Å²) in [6.07, 6.45) is 4.53. The van der Waals surface area contributed by atoms with Crippen LogP contribution in [0.2, 0.25) is 5.02 Å². The molecule has 154 valence electrons. The lowest BCUT2D eigenvalue weighted by Gasteiger charge is -2.27. The van der Waals surface area contributed by atoms with E-state index in [2.05, 4.69) is 12.1 Å².